The third-order valence-electron chi connectivity index (χ3n) is 2.70. The van der Waals surface area contributed by atoms with E-state index in [2.05, 4.69) is 6.58 Å². The Morgan fingerprint density at radius 2 is 2.19 bits per heavy atom. The normalized spacial score (nSPS) is 23.1. The Kier molecular flexibility index (Phi) is 7.92. The molecule has 3 unspecified atom stereocenters. The summed E-state index contributed by atoms with van der Waals surface area (Å²) in [5.74, 6) is -1.05. The Bertz CT molecular complexity index is 449. The van der Waals surface area contributed by atoms with Crippen molar-refractivity contribution in [1.82, 2.24) is 4.90 Å². The van der Waals surface area contributed by atoms with Crippen molar-refractivity contribution in [3.05, 3.63) is 12.2 Å². The van der Waals surface area contributed by atoms with E-state index in [1.807, 2.05) is 0 Å². The van der Waals surface area contributed by atoms with E-state index >= 15 is 0 Å². The summed E-state index contributed by atoms with van der Waals surface area (Å²) in [7, 11) is 7.34. The Hall–Kier alpha value is 1.09. The van der Waals surface area contributed by atoms with Crippen molar-refractivity contribution < 1.29 is 36.2 Å². The first-order valence-electron chi connectivity index (χ1n) is 5.74. The van der Waals surface area contributed by atoms with Crippen LogP contribution in [-0.2, 0) is 36.2 Å². The van der Waals surface area contributed by atoms with Crippen molar-refractivity contribution >= 4 is 63.2 Å². The molecule has 5 nitrogen and oxygen atoms in total. The van der Waals surface area contributed by atoms with E-state index in [9.17, 15) is 9.59 Å². The van der Waals surface area contributed by atoms with Gasteiger partial charge < -0.3 is 0 Å². The number of esters is 1. The summed E-state index contributed by atoms with van der Waals surface area (Å²) in [5, 5.41) is -0.321. The Labute approximate surface area is 155 Å². The van der Waals surface area contributed by atoms with Crippen molar-refractivity contribution in [1.29, 1.82) is 0 Å². The van der Waals surface area contributed by atoms with Gasteiger partial charge in [-0.1, -0.05) is 0 Å². The van der Waals surface area contributed by atoms with Gasteiger partial charge in [0.15, 0.2) is 0 Å². The molecule has 0 spiro atoms. The van der Waals surface area contributed by atoms with Gasteiger partial charge in [0.2, 0.25) is 0 Å². The fourth-order valence-corrected chi connectivity index (χ4v) is 12.0. The Morgan fingerprint density at radius 3 is 2.62 bits per heavy atom. The summed E-state index contributed by atoms with van der Waals surface area (Å²) in [6.07, 6.45) is 0. The summed E-state index contributed by atoms with van der Waals surface area (Å²) in [6, 6.07) is -1.60. The van der Waals surface area contributed by atoms with Gasteiger partial charge in [-0.15, -0.1) is 0 Å². The average Bonchev–Trinajstić information content (AvgIpc) is 2.38. The van der Waals surface area contributed by atoms with Crippen molar-refractivity contribution in [3.63, 3.8) is 0 Å². The molecule has 0 aromatic rings. The number of hydrogen-bond acceptors (Lipinski definition) is 5. The van der Waals surface area contributed by atoms with Gasteiger partial charge >= 0.3 is 157 Å². The van der Waals surface area contributed by atoms with Crippen LogP contribution >= 0.6 is 51.3 Å². The molecule has 1 amide bonds. The average molecular weight is 583 g/mol. The SMILES string of the molecule is C=C(C)C(C(=O)OCC(Cl)(Cl)Cl)N1C(=O)C(N)C1[S][Hg][Cl]. The first-order chi connectivity index (χ1) is 9.60. The van der Waals surface area contributed by atoms with Gasteiger partial charge in [0.1, 0.15) is 0 Å². The van der Waals surface area contributed by atoms with Gasteiger partial charge in [-0.2, -0.15) is 0 Å². The number of β-lactam (4-membered cyclic amide) rings is 1. The van der Waals surface area contributed by atoms with E-state index < -0.39 is 50.3 Å². The molecule has 11 heteroatoms. The van der Waals surface area contributed by atoms with Crippen molar-refractivity contribution in [2.75, 3.05) is 6.61 Å². The molecule has 1 saturated heterocycles. The van der Waals surface area contributed by atoms with Crippen LogP contribution in [0.25, 0.3) is 0 Å². The number of rotatable bonds is 6. The van der Waals surface area contributed by atoms with E-state index in [4.69, 9.17) is 53.5 Å². The second-order valence-corrected chi connectivity index (χ2v) is 20.1. The third kappa shape index (κ3) is 5.29. The van der Waals surface area contributed by atoms with E-state index in [0.29, 0.717) is 5.57 Å². The van der Waals surface area contributed by atoms with E-state index in [-0.39, 0.29) is 11.3 Å². The molecule has 1 heterocycles. The number of nitrogens with two attached hydrogens (primary N) is 1. The summed E-state index contributed by atoms with van der Waals surface area (Å²) in [5.41, 5.74) is 6.19. The molecule has 0 bridgehead atoms. The zero-order valence-corrected chi connectivity index (χ0v) is 20.4. The number of halogens is 4. The molecule has 0 aliphatic carbocycles. The number of nitrogens with zero attached hydrogens (tertiary/aromatic N) is 1. The van der Waals surface area contributed by atoms with Crippen LogP contribution in [-0.4, -0.2) is 44.6 Å². The minimum atomic E-state index is -1.72. The third-order valence-corrected chi connectivity index (χ3v) is 12.8. The molecule has 0 radical (unpaired) electrons. The Balaban J connectivity index is 2.84. The molecular formula is C10H12Cl4HgN2O3S. The molecule has 116 valence electrons. The monoisotopic (exact) mass is 582 g/mol. The summed E-state index contributed by atoms with van der Waals surface area (Å²) in [6.45, 7) is 4.92. The van der Waals surface area contributed by atoms with Crippen LogP contribution < -0.4 is 5.73 Å². The number of amides is 1. The molecule has 0 aromatic heterocycles. The number of ether oxygens (including phenoxy) is 1. The molecule has 0 saturated carbocycles. The van der Waals surface area contributed by atoms with Crippen LogP contribution in [0, 0.1) is 0 Å². The van der Waals surface area contributed by atoms with Crippen LogP contribution in [0.3, 0.4) is 0 Å². The predicted molar refractivity (Wildman–Crippen MR) is 81.9 cm³/mol. The molecule has 1 aliphatic rings. The van der Waals surface area contributed by atoms with E-state index in [0.717, 1.165) is 0 Å². The van der Waals surface area contributed by atoms with Gasteiger partial charge in [0.25, 0.3) is 0 Å². The summed E-state index contributed by atoms with van der Waals surface area (Å²) >= 11 is 15.0. The molecular weight excluding hydrogens is 571 g/mol. The minimum absolute atomic E-state index is 0.321. The van der Waals surface area contributed by atoms with Crippen LogP contribution in [0.2, 0.25) is 0 Å². The van der Waals surface area contributed by atoms with Crippen molar-refractivity contribution in [3.8, 4) is 0 Å². The molecule has 1 fully saturated rings. The summed E-state index contributed by atoms with van der Waals surface area (Å²) < 4.78 is 3.23. The predicted octanol–water partition coefficient (Wildman–Crippen LogP) is 2.22. The molecule has 21 heavy (non-hydrogen) atoms. The second-order valence-electron chi connectivity index (χ2n) is 4.41. The van der Waals surface area contributed by atoms with Crippen molar-refractivity contribution in [2.24, 2.45) is 5.73 Å². The van der Waals surface area contributed by atoms with E-state index in [1.165, 1.54) is 13.1 Å². The number of alkyl halides is 3. The van der Waals surface area contributed by atoms with Gasteiger partial charge in [-0.05, 0) is 0 Å². The number of carbonyl (C=O) groups is 2. The number of likely N-dealkylation sites (tertiary alicyclic amines) is 1. The number of hydrogen-bond donors (Lipinski definition) is 1. The molecule has 3 atom stereocenters. The fraction of sp³-hybridized carbons (Fsp3) is 0.600. The maximum atomic E-state index is 12.1. The molecule has 0 aromatic carbocycles. The van der Waals surface area contributed by atoms with Gasteiger partial charge in [-0.3, -0.25) is 0 Å². The van der Waals surface area contributed by atoms with Crippen LogP contribution in [0.5, 0.6) is 0 Å². The van der Waals surface area contributed by atoms with Crippen LogP contribution in [0.15, 0.2) is 12.2 Å². The standard InChI is InChI=1S/C10H13Cl3N2O3S.ClH.Hg/c1-4(2)6(9(17)18-3-10(11,12)13)15-7(16)5(14)8(15)19;;/h5-6,8,19H,1,3,14H2,2H3;1H;/q;;+2/p-2. The fourth-order valence-electron chi connectivity index (χ4n) is 1.82. The maximum absolute atomic E-state index is 12.1. The van der Waals surface area contributed by atoms with Gasteiger partial charge in [-0.25, -0.2) is 0 Å². The first-order valence-corrected chi connectivity index (χ1v) is 21.4. The van der Waals surface area contributed by atoms with Gasteiger partial charge in [0.05, 0.1) is 0 Å². The van der Waals surface area contributed by atoms with E-state index in [1.54, 1.807) is 6.92 Å². The second kappa shape index (κ2) is 8.26. The van der Waals surface area contributed by atoms with Crippen LogP contribution in [0.4, 0.5) is 0 Å². The Morgan fingerprint density at radius 1 is 1.62 bits per heavy atom. The van der Waals surface area contributed by atoms with Crippen LogP contribution in [0.1, 0.15) is 6.92 Å². The zero-order valence-electron chi connectivity index (χ0n) is 11.0. The van der Waals surface area contributed by atoms with Gasteiger partial charge in [0, 0.05) is 0 Å². The first kappa shape index (κ1) is 20.1. The van der Waals surface area contributed by atoms with Crippen molar-refractivity contribution in [2.45, 2.75) is 28.2 Å². The molecule has 1 aliphatic heterocycles. The zero-order chi connectivity index (χ0) is 16.4. The number of carbonyl (C=O) groups excluding carboxylic acids is 2. The topological polar surface area (TPSA) is 72.6 Å². The molecule has 1 rings (SSSR count). The molecule has 2 N–H and O–H groups in total. The summed E-state index contributed by atoms with van der Waals surface area (Å²) in [4.78, 5) is 25.4. The quantitative estimate of drug-likeness (QED) is 0.171.